The number of piperazine rings is 1. The maximum Gasteiger partial charge on any atom is 0.222 e. The zero-order valence-corrected chi connectivity index (χ0v) is 22.5. The number of nitrogens with zero attached hydrogens (tertiary/aromatic N) is 6. The molecule has 5 rings (SSSR count). The van der Waals surface area contributed by atoms with Gasteiger partial charge in [0.1, 0.15) is 11.6 Å². The van der Waals surface area contributed by atoms with Gasteiger partial charge in [-0.15, -0.1) is 0 Å². The molecule has 1 atom stereocenters. The number of hydrogen-bond acceptors (Lipinski definition) is 6. The van der Waals surface area contributed by atoms with Crippen molar-refractivity contribution >= 4 is 39.8 Å². The van der Waals surface area contributed by atoms with Gasteiger partial charge in [-0.3, -0.25) is 4.79 Å². The van der Waals surface area contributed by atoms with E-state index in [2.05, 4.69) is 54.0 Å². The van der Waals surface area contributed by atoms with E-state index in [9.17, 15) is 10.1 Å². The monoisotopic (exact) mass is 516 g/mol. The maximum atomic E-state index is 12.5. The molecule has 0 aliphatic carbocycles. The fraction of sp³-hybridized carbons (Fsp3) is 0.448. The minimum absolute atomic E-state index is 0.108. The van der Waals surface area contributed by atoms with E-state index < -0.39 is 0 Å². The van der Waals surface area contributed by atoms with Gasteiger partial charge in [-0.1, -0.05) is 56.6 Å². The van der Waals surface area contributed by atoms with Crippen LogP contribution < -0.4 is 9.80 Å². The molecule has 3 heterocycles. The van der Waals surface area contributed by atoms with Crippen molar-refractivity contribution in [1.29, 1.82) is 5.26 Å². The smallest absolute Gasteiger partial charge is 0.222 e. The number of carbonyl (C=O) groups is 1. The first-order valence-corrected chi connectivity index (χ1v) is 13.5. The van der Waals surface area contributed by atoms with Crippen LogP contribution >= 0.6 is 11.6 Å². The summed E-state index contributed by atoms with van der Waals surface area (Å²) in [5.41, 5.74) is 3.35. The third-order valence-electron chi connectivity index (χ3n) is 7.48. The highest BCUT2D eigenvalue weighted by Crippen LogP contribution is 2.37. The van der Waals surface area contributed by atoms with Crippen LogP contribution in [0.3, 0.4) is 0 Å². The van der Waals surface area contributed by atoms with Gasteiger partial charge in [-0.05, 0) is 23.9 Å². The standard InChI is InChI=1S/C29H33ClN6O/c1-4-26(37)36-16-15-35(17-21(36)11-13-31)29-22-12-14-34(18-24(22)32-28(33-29)19(2)3)25-10-6-8-20-7-5-9-23(30)27(20)25/h5-10,19,21H,4,11-12,14-18H2,1-3H3. The second-order valence-electron chi connectivity index (χ2n) is 10.2. The molecule has 2 aliphatic rings. The summed E-state index contributed by atoms with van der Waals surface area (Å²) in [5.74, 6) is 2.09. The van der Waals surface area contributed by atoms with E-state index in [4.69, 9.17) is 21.6 Å². The van der Waals surface area contributed by atoms with Gasteiger partial charge in [0.05, 0.1) is 35.8 Å². The lowest BCUT2D eigenvalue weighted by atomic mass is 10.00. The maximum absolute atomic E-state index is 12.5. The second-order valence-corrected chi connectivity index (χ2v) is 10.6. The summed E-state index contributed by atoms with van der Waals surface area (Å²) in [4.78, 5) is 29.1. The Balaban J connectivity index is 1.50. The number of nitriles is 1. The molecule has 0 bridgehead atoms. The van der Waals surface area contributed by atoms with E-state index in [0.717, 1.165) is 51.8 Å². The van der Waals surface area contributed by atoms with Gasteiger partial charge in [-0.25, -0.2) is 9.97 Å². The average molecular weight is 517 g/mol. The quantitative estimate of drug-likeness (QED) is 0.457. The fourth-order valence-corrected chi connectivity index (χ4v) is 5.83. The highest BCUT2D eigenvalue weighted by atomic mass is 35.5. The molecule has 3 aromatic rings. The van der Waals surface area contributed by atoms with Crippen molar-refractivity contribution in [3.63, 3.8) is 0 Å². The summed E-state index contributed by atoms with van der Waals surface area (Å²) < 4.78 is 0. The minimum atomic E-state index is -0.128. The van der Waals surface area contributed by atoms with E-state index in [-0.39, 0.29) is 17.9 Å². The highest BCUT2D eigenvalue weighted by Gasteiger charge is 2.33. The average Bonchev–Trinajstić information content (AvgIpc) is 2.91. The lowest BCUT2D eigenvalue weighted by Gasteiger charge is -2.42. The highest BCUT2D eigenvalue weighted by molar-refractivity contribution is 6.36. The Morgan fingerprint density at radius 1 is 1.14 bits per heavy atom. The molecule has 2 aromatic carbocycles. The van der Waals surface area contributed by atoms with Crippen LogP contribution in [0.5, 0.6) is 0 Å². The third-order valence-corrected chi connectivity index (χ3v) is 7.80. The number of aromatic nitrogens is 2. The molecule has 1 unspecified atom stereocenters. The summed E-state index contributed by atoms with van der Waals surface area (Å²) in [7, 11) is 0. The van der Waals surface area contributed by atoms with Crippen LogP contribution in [0.25, 0.3) is 10.8 Å². The third kappa shape index (κ3) is 4.83. The lowest BCUT2D eigenvalue weighted by Crippen LogP contribution is -2.55. The van der Waals surface area contributed by atoms with E-state index in [1.807, 2.05) is 24.0 Å². The predicted molar refractivity (Wildman–Crippen MR) is 148 cm³/mol. The summed E-state index contributed by atoms with van der Waals surface area (Å²) in [6, 6.07) is 14.5. The van der Waals surface area contributed by atoms with Crippen LogP contribution in [0.4, 0.5) is 11.5 Å². The van der Waals surface area contributed by atoms with Crippen molar-refractivity contribution in [3.8, 4) is 6.07 Å². The first-order valence-electron chi connectivity index (χ1n) is 13.1. The molecule has 0 saturated carbocycles. The van der Waals surface area contributed by atoms with Gasteiger partial charge in [0.15, 0.2) is 0 Å². The topological polar surface area (TPSA) is 76.4 Å². The van der Waals surface area contributed by atoms with Gasteiger partial charge in [0.2, 0.25) is 5.91 Å². The number of halogens is 1. The summed E-state index contributed by atoms with van der Waals surface area (Å²) in [6.07, 6.45) is 1.60. The van der Waals surface area contributed by atoms with E-state index >= 15 is 0 Å². The molecule has 1 saturated heterocycles. The van der Waals surface area contributed by atoms with Crippen molar-refractivity contribution in [2.75, 3.05) is 36.0 Å². The normalized spacial score (nSPS) is 17.7. The molecule has 0 radical (unpaired) electrons. The Bertz CT molecular complexity index is 1360. The fourth-order valence-electron chi connectivity index (χ4n) is 5.55. The zero-order chi connectivity index (χ0) is 26.1. The molecule has 37 heavy (non-hydrogen) atoms. The number of carbonyl (C=O) groups excluding carboxylic acids is 1. The Labute approximate surface area is 223 Å². The number of anilines is 2. The lowest BCUT2D eigenvalue weighted by molar-refractivity contribution is -0.133. The largest absolute Gasteiger partial charge is 0.365 e. The van der Waals surface area contributed by atoms with E-state index in [1.54, 1.807) is 0 Å². The molecule has 8 heteroatoms. The Morgan fingerprint density at radius 3 is 2.65 bits per heavy atom. The molecule has 0 spiro atoms. The van der Waals surface area contributed by atoms with Gasteiger partial charge in [-0.2, -0.15) is 5.26 Å². The summed E-state index contributed by atoms with van der Waals surface area (Å²) in [5, 5.41) is 12.4. The van der Waals surface area contributed by atoms with Gasteiger partial charge >= 0.3 is 0 Å². The number of fused-ring (bicyclic) bond motifs is 2. The van der Waals surface area contributed by atoms with Crippen molar-refractivity contribution in [1.82, 2.24) is 14.9 Å². The van der Waals surface area contributed by atoms with Gasteiger partial charge in [0, 0.05) is 55.2 Å². The number of rotatable bonds is 5. The molecule has 1 amide bonds. The van der Waals surface area contributed by atoms with Crippen LogP contribution in [0.15, 0.2) is 36.4 Å². The number of hydrogen-bond donors (Lipinski definition) is 0. The first-order chi connectivity index (χ1) is 17.9. The predicted octanol–water partition coefficient (Wildman–Crippen LogP) is 5.31. The Hall–Kier alpha value is -3.37. The molecule has 0 N–H and O–H groups in total. The Morgan fingerprint density at radius 2 is 1.92 bits per heavy atom. The summed E-state index contributed by atoms with van der Waals surface area (Å²) in [6.45, 7) is 9.56. The minimum Gasteiger partial charge on any atom is -0.365 e. The first kappa shape index (κ1) is 25.3. The van der Waals surface area contributed by atoms with Crippen molar-refractivity contribution in [2.45, 2.75) is 58.5 Å². The molecular weight excluding hydrogens is 484 g/mol. The summed E-state index contributed by atoms with van der Waals surface area (Å²) >= 11 is 6.65. The molecule has 192 valence electrons. The zero-order valence-electron chi connectivity index (χ0n) is 21.7. The van der Waals surface area contributed by atoms with Crippen LogP contribution in [0.2, 0.25) is 5.02 Å². The molecular formula is C29H33ClN6O. The number of benzene rings is 2. The second kappa shape index (κ2) is 10.5. The van der Waals surface area contributed by atoms with Gasteiger partial charge < -0.3 is 14.7 Å². The molecule has 2 aliphatic heterocycles. The molecule has 7 nitrogen and oxygen atoms in total. The van der Waals surface area contributed by atoms with Crippen LogP contribution in [-0.4, -0.2) is 53.0 Å². The molecule has 1 aromatic heterocycles. The van der Waals surface area contributed by atoms with E-state index in [1.165, 1.54) is 5.56 Å². The van der Waals surface area contributed by atoms with Crippen LogP contribution in [-0.2, 0) is 17.8 Å². The Kier molecular flexibility index (Phi) is 7.21. The van der Waals surface area contributed by atoms with Gasteiger partial charge in [0.25, 0.3) is 0 Å². The van der Waals surface area contributed by atoms with Crippen LogP contribution in [0.1, 0.15) is 56.6 Å². The van der Waals surface area contributed by atoms with Crippen LogP contribution in [0, 0.1) is 11.3 Å². The number of amides is 1. The van der Waals surface area contributed by atoms with Crippen molar-refractivity contribution in [3.05, 3.63) is 58.5 Å². The van der Waals surface area contributed by atoms with Crippen molar-refractivity contribution < 1.29 is 4.79 Å². The molecule has 1 fully saturated rings. The van der Waals surface area contributed by atoms with Crippen molar-refractivity contribution in [2.24, 2.45) is 0 Å². The van der Waals surface area contributed by atoms with E-state index in [0.29, 0.717) is 39.0 Å². The SMILES string of the molecule is CCC(=O)N1CCN(c2nc(C(C)C)nc3c2CCN(c2cccc4cccc(Cl)c24)C3)CC1CC#N.